The fourth-order valence-corrected chi connectivity index (χ4v) is 3.29. The largest absolute Gasteiger partial charge is 0.508 e. The average molecular weight is 373 g/mol. The van der Waals surface area contributed by atoms with Crippen LogP contribution in [0, 0.1) is 5.92 Å². The summed E-state index contributed by atoms with van der Waals surface area (Å²) in [6.45, 7) is 1.94. The van der Waals surface area contributed by atoms with Crippen molar-refractivity contribution in [1.29, 1.82) is 0 Å². The molecule has 26 heavy (non-hydrogen) atoms. The molecule has 2 aromatic rings. The van der Waals surface area contributed by atoms with Crippen molar-refractivity contribution in [2.75, 3.05) is 5.75 Å². The Bertz CT molecular complexity index is 733. The third kappa shape index (κ3) is 5.26. The van der Waals surface area contributed by atoms with E-state index in [4.69, 9.17) is 0 Å². The normalized spacial score (nSPS) is 14.2. The second kappa shape index (κ2) is 9.29. The molecule has 3 atom stereocenters. The minimum atomic E-state index is -1.10. The lowest BCUT2D eigenvalue weighted by Gasteiger charge is -2.24. The summed E-state index contributed by atoms with van der Waals surface area (Å²) in [5.74, 6) is -1.54. The van der Waals surface area contributed by atoms with Crippen molar-refractivity contribution in [1.82, 2.24) is 5.32 Å². The highest BCUT2D eigenvalue weighted by molar-refractivity contribution is 7.80. The van der Waals surface area contributed by atoms with Gasteiger partial charge in [0.1, 0.15) is 11.8 Å². The molecule has 0 bridgehead atoms. The van der Waals surface area contributed by atoms with E-state index in [1.54, 1.807) is 12.1 Å². The van der Waals surface area contributed by atoms with E-state index in [0.717, 1.165) is 5.56 Å². The number of nitrogens with one attached hydrogen (secondary N) is 1. The number of hydrogen-bond acceptors (Lipinski definition) is 4. The van der Waals surface area contributed by atoms with Gasteiger partial charge in [-0.2, -0.15) is 12.6 Å². The summed E-state index contributed by atoms with van der Waals surface area (Å²) in [5.41, 5.74) is 1.72. The van der Waals surface area contributed by atoms with Gasteiger partial charge in [-0.1, -0.05) is 49.4 Å². The Morgan fingerprint density at radius 2 is 1.69 bits per heavy atom. The number of benzene rings is 2. The van der Waals surface area contributed by atoms with Gasteiger partial charge in [0.15, 0.2) is 0 Å². The van der Waals surface area contributed by atoms with Gasteiger partial charge in [-0.15, -0.1) is 0 Å². The van der Waals surface area contributed by atoms with Crippen LogP contribution in [0.1, 0.15) is 24.0 Å². The zero-order valence-electron chi connectivity index (χ0n) is 14.5. The molecular weight excluding hydrogens is 350 g/mol. The van der Waals surface area contributed by atoms with Crippen LogP contribution >= 0.6 is 12.6 Å². The first-order valence-electron chi connectivity index (χ1n) is 8.39. The molecule has 138 valence electrons. The van der Waals surface area contributed by atoms with Gasteiger partial charge in [0.25, 0.3) is 0 Å². The van der Waals surface area contributed by atoms with Crippen LogP contribution in [0.2, 0.25) is 0 Å². The van der Waals surface area contributed by atoms with Crippen molar-refractivity contribution >= 4 is 24.5 Å². The fraction of sp³-hybridized carbons (Fsp3) is 0.300. The highest BCUT2D eigenvalue weighted by atomic mass is 32.1. The number of hydrogen-bond donors (Lipinski definition) is 4. The molecule has 0 aliphatic heterocycles. The third-order valence-corrected chi connectivity index (χ3v) is 4.85. The Balaban J connectivity index is 2.09. The Hall–Kier alpha value is -2.47. The molecule has 0 radical (unpaired) electrons. The number of carbonyl (C=O) groups excluding carboxylic acids is 1. The summed E-state index contributed by atoms with van der Waals surface area (Å²) in [6.07, 6.45) is 0.139. The molecule has 0 aliphatic rings. The zero-order chi connectivity index (χ0) is 19.1. The summed E-state index contributed by atoms with van der Waals surface area (Å²) in [7, 11) is 0. The van der Waals surface area contributed by atoms with Gasteiger partial charge in [0.2, 0.25) is 5.91 Å². The van der Waals surface area contributed by atoms with Crippen molar-refractivity contribution in [3.63, 3.8) is 0 Å². The fourth-order valence-electron chi connectivity index (χ4n) is 2.80. The van der Waals surface area contributed by atoms with Crippen molar-refractivity contribution < 1.29 is 19.8 Å². The van der Waals surface area contributed by atoms with E-state index in [9.17, 15) is 19.8 Å². The minimum Gasteiger partial charge on any atom is -0.508 e. The number of aromatic hydroxyl groups is 1. The first-order valence-corrected chi connectivity index (χ1v) is 9.02. The van der Waals surface area contributed by atoms with E-state index in [1.807, 2.05) is 37.3 Å². The molecular formula is C20H23NO4S. The third-order valence-electron chi connectivity index (χ3n) is 4.45. The molecule has 5 nitrogen and oxygen atoms in total. The summed E-state index contributed by atoms with van der Waals surface area (Å²) >= 11 is 4.29. The van der Waals surface area contributed by atoms with E-state index in [-0.39, 0.29) is 24.0 Å². The molecule has 2 unspecified atom stereocenters. The van der Waals surface area contributed by atoms with Crippen LogP contribution in [-0.4, -0.2) is 33.9 Å². The molecule has 3 N–H and O–H groups in total. The lowest BCUT2D eigenvalue weighted by atomic mass is 9.88. The van der Waals surface area contributed by atoms with Crippen molar-refractivity contribution in [3.8, 4) is 5.75 Å². The number of rotatable bonds is 8. The summed E-state index contributed by atoms with van der Waals surface area (Å²) in [6, 6.07) is 14.8. The van der Waals surface area contributed by atoms with Gasteiger partial charge in [0, 0.05) is 12.2 Å². The van der Waals surface area contributed by atoms with Crippen molar-refractivity contribution in [2.45, 2.75) is 25.3 Å². The Morgan fingerprint density at radius 3 is 2.23 bits per heavy atom. The number of amides is 1. The lowest BCUT2D eigenvalue weighted by Crippen LogP contribution is -2.46. The molecule has 0 spiro atoms. The number of thiol groups is 1. The maximum Gasteiger partial charge on any atom is 0.326 e. The van der Waals surface area contributed by atoms with Crippen molar-refractivity contribution in [2.24, 2.45) is 5.92 Å². The second-order valence-corrected chi connectivity index (χ2v) is 6.62. The van der Waals surface area contributed by atoms with Crippen LogP contribution in [0.15, 0.2) is 54.6 Å². The summed E-state index contributed by atoms with van der Waals surface area (Å²) in [4.78, 5) is 24.3. The van der Waals surface area contributed by atoms with Crippen LogP contribution in [0.25, 0.3) is 0 Å². The molecule has 2 rings (SSSR count). The molecule has 0 heterocycles. The molecule has 2 aromatic carbocycles. The first kappa shape index (κ1) is 19.8. The summed E-state index contributed by atoms with van der Waals surface area (Å²) in [5, 5.41) is 21.4. The quantitative estimate of drug-likeness (QED) is 0.536. The molecule has 0 aliphatic carbocycles. The maximum absolute atomic E-state index is 12.7. The molecule has 0 saturated carbocycles. The van der Waals surface area contributed by atoms with E-state index in [2.05, 4.69) is 17.9 Å². The van der Waals surface area contributed by atoms with Crippen LogP contribution < -0.4 is 5.32 Å². The van der Waals surface area contributed by atoms with Gasteiger partial charge in [0.05, 0.1) is 5.92 Å². The van der Waals surface area contributed by atoms with Gasteiger partial charge in [-0.05, 0) is 29.2 Å². The van der Waals surface area contributed by atoms with Crippen molar-refractivity contribution in [3.05, 3.63) is 65.7 Å². The minimum absolute atomic E-state index is 0.0863. The van der Waals surface area contributed by atoms with Gasteiger partial charge in [-0.25, -0.2) is 4.79 Å². The number of carbonyl (C=O) groups is 2. The smallest absolute Gasteiger partial charge is 0.326 e. The predicted molar refractivity (Wildman–Crippen MR) is 104 cm³/mol. The molecule has 1 amide bonds. The van der Waals surface area contributed by atoms with E-state index in [1.165, 1.54) is 12.1 Å². The predicted octanol–water partition coefficient (Wildman–Crippen LogP) is 2.85. The number of carboxylic acids is 1. The van der Waals surface area contributed by atoms with E-state index in [0.29, 0.717) is 11.3 Å². The molecule has 0 saturated heterocycles. The highest BCUT2D eigenvalue weighted by Gasteiger charge is 2.29. The Labute approximate surface area is 158 Å². The van der Waals surface area contributed by atoms with Gasteiger partial charge < -0.3 is 15.5 Å². The van der Waals surface area contributed by atoms with Crippen LogP contribution in [-0.2, 0) is 16.0 Å². The Kier molecular flexibility index (Phi) is 7.09. The summed E-state index contributed by atoms with van der Waals surface area (Å²) < 4.78 is 0. The molecule has 0 aromatic heterocycles. The lowest BCUT2D eigenvalue weighted by molar-refractivity contribution is -0.142. The second-order valence-electron chi connectivity index (χ2n) is 6.26. The number of phenols is 1. The van der Waals surface area contributed by atoms with Crippen LogP contribution in [0.3, 0.4) is 0 Å². The zero-order valence-corrected chi connectivity index (χ0v) is 15.4. The van der Waals surface area contributed by atoms with E-state index >= 15 is 0 Å². The number of phenolic OH excluding ortho intramolecular Hbond substituents is 1. The van der Waals surface area contributed by atoms with Crippen LogP contribution in [0.4, 0.5) is 0 Å². The number of carboxylic acid groups (broad SMARTS) is 1. The average Bonchev–Trinajstić information content (AvgIpc) is 2.64. The standard InChI is InChI=1S/C20H23NO4S/c1-13(15-5-3-2-4-6-15)17(12-26)19(23)21-18(20(24)25)11-14-7-9-16(22)10-8-14/h2-10,13,17-18,22,26H,11-12H2,1H3,(H,21,23)(H,24,25)/t13?,17?,18-/m0/s1. The topological polar surface area (TPSA) is 86.6 Å². The first-order chi connectivity index (χ1) is 12.4. The van der Waals surface area contributed by atoms with Gasteiger partial charge >= 0.3 is 5.97 Å². The van der Waals surface area contributed by atoms with Gasteiger partial charge in [-0.3, -0.25) is 4.79 Å². The maximum atomic E-state index is 12.7. The Morgan fingerprint density at radius 1 is 1.08 bits per heavy atom. The van der Waals surface area contributed by atoms with E-state index < -0.39 is 17.9 Å². The van der Waals surface area contributed by atoms with Crippen LogP contribution in [0.5, 0.6) is 5.75 Å². The number of aliphatic carboxylic acids is 1. The highest BCUT2D eigenvalue weighted by Crippen LogP contribution is 2.25. The molecule has 6 heteroatoms. The SMILES string of the molecule is CC(c1ccccc1)C(CS)C(=O)N[C@@H](Cc1ccc(O)cc1)C(=O)O. The monoisotopic (exact) mass is 373 g/mol. The molecule has 0 fully saturated rings.